The zero-order valence-electron chi connectivity index (χ0n) is 13.8. The van der Waals surface area contributed by atoms with Gasteiger partial charge in [0, 0.05) is 25.2 Å². The second-order valence-electron chi connectivity index (χ2n) is 7.34. The van der Waals surface area contributed by atoms with E-state index in [1.165, 1.54) is 0 Å². The molecule has 3 saturated heterocycles. The summed E-state index contributed by atoms with van der Waals surface area (Å²) in [5.41, 5.74) is 0.677. The number of nitrogens with zero attached hydrogens (tertiary/aromatic N) is 2. The average molecular weight is 318 g/mol. The fourth-order valence-electron chi connectivity index (χ4n) is 4.50. The molecule has 4 heterocycles. The molecule has 0 spiro atoms. The number of amides is 1. The lowest BCUT2D eigenvalue weighted by Crippen LogP contribution is -2.49. The molecule has 1 amide bonds. The molecular formula is C18H26N2O3. The molecule has 4 rings (SSSR count). The number of likely N-dealkylation sites (tertiary alicyclic amines) is 1. The first-order valence-electron chi connectivity index (χ1n) is 8.89. The van der Waals surface area contributed by atoms with E-state index < -0.39 is 0 Å². The van der Waals surface area contributed by atoms with Crippen molar-refractivity contribution in [1.82, 2.24) is 9.80 Å². The van der Waals surface area contributed by atoms with Crippen LogP contribution < -0.4 is 0 Å². The van der Waals surface area contributed by atoms with Crippen molar-refractivity contribution in [3.8, 4) is 0 Å². The van der Waals surface area contributed by atoms with E-state index in [0.717, 1.165) is 51.6 Å². The van der Waals surface area contributed by atoms with Gasteiger partial charge in [-0.1, -0.05) is 0 Å². The van der Waals surface area contributed by atoms with Crippen molar-refractivity contribution in [2.45, 2.75) is 62.8 Å². The summed E-state index contributed by atoms with van der Waals surface area (Å²) in [6.45, 7) is 2.27. The van der Waals surface area contributed by atoms with Crippen molar-refractivity contribution in [1.29, 1.82) is 0 Å². The molecule has 0 N–H and O–H groups in total. The van der Waals surface area contributed by atoms with Crippen molar-refractivity contribution < 1.29 is 13.9 Å². The number of hydrogen-bond donors (Lipinski definition) is 0. The Labute approximate surface area is 137 Å². The van der Waals surface area contributed by atoms with Gasteiger partial charge < -0.3 is 19.0 Å². The van der Waals surface area contributed by atoms with E-state index in [4.69, 9.17) is 9.15 Å². The van der Waals surface area contributed by atoms with Crippen LogP contribution in [0.25, 0.3) is 0 Å². The van der Waals surface area contributed by atoms with Gasteiger partial charge in [-0.15, -0.1) is 0 Å². The first-order chi connectivity index (χ1) is 11.2. The van der Waals surface area contributed by atoms with Crippen LogP contribution in [0.15, 0.2) is 23.0 Å². The zero-order valence-corrected chi connectivity index (χ0v) is 13.8. The highest BCUT2D eigenvalue weighted by molar-refractivity contribution is 5.94. The lowest BCUT2D eigenvalue weighted by Gasteiger charge is -2.40. The van der Waals surface area contributed by atoms with Gasteiger partial charge in [-0.25, -0.2) is 0 Å². The lowest BCUT2D eigenvalue weighted by molar-refractivity contribution is -0.0725. The van der Waals surface area contributed by atoms with Crippen LogP contribution in [0.5, 0.6) is 0 Å². The zero-order chi connectivity index (χ0) is 15.8. The highest BCUT2D eigenvalue weighted by atomic mass is 16.5. The van der Waals surface area contributed by atoms with Gasteiger partial charge >= 0.3 is 0 Å². The normalized spacial score (nSPS) is 32.4. The summed E-state index contributed by atoms with van der Waals surface area (Å²) in [5.74, 6) is 0.129. The molecule has 5 heteroatoms. The molecule has 0 aromatic carbocycles. The van der Waals surface area contributed by atoms with Crippen LogP contribution in [0.2, 0.25) is 0 Å². The molecule has 3 atom stereocenters. The summed E-state index contributed by atoms with van der Waals surface area (Å²) >= 11 is 0. The number of hydrogen-bond acceptors (Lipinski definition) is 4. The van der Waals surface area contributed by atoms with E-state index in [9.17, 15) is 4.79 Å². The first kappa shape index (κ1) is 15.2. The second kappa shape index (κ2) is 6.29. The van der Waals surface area contributed by atoms with Crippen molar-refractivity contribution in [3.05, 3.63) is 24.2 Å². The Morgan fingerprint density at radius 2 is 1.83 bits per heavy atom. The van der Waals surface area contributed by atoms with Gasteiger partial charge in [-0.05, 0) is 51.6 Å². The van der Waals surface area contributed by atoms with E-state index in [1.807, 2.05) is 0 Å². The molecular weight excluding hydrogens is 292 g/mol. The standard InChI is InChI=1S/C18H26N2O3/c1-19-7-4-16(5-8-19)23-17-10-14-2-3-15(11-17)20(14)18(21)13-6-9-22-12-13/h6,9,12,14-17H,2-5,7-8,10-11H2,1H3/t14-,15+,17?. The first-order valence-corrected chi connectivity index (χ1v) is 8.89. The predicted molar refractivity (Wildman–Crippen MR) is 86.3 cm³/mol. The quantitative estimate of drug-likeness (QED) is 0.859. The van der Waals surface area contributed by atoms with E-state index >= 15 is 0 Å². The number of carbonyl (C=O) groups is 1. The predicted octanol–water partition coefficient (Wildman–Crippen LogP) is 2.53. The minimum absolute atomic E-state index is 0.129. The number of rotatable bonds is 3. The van der Waals surface area contributed by atoms with Crippen molar-refractivity contribution >= 4 is 5.91 Å². The van der Waals surface area contributed by atoms with E-state index in [0.29, 0.717) is 29.9 Å². The maximum atomic E-state index is 12.7. The van der Waals surface area contributed by atoms with E-state index in [1.54, 1.807) is 18.6 Å². The third-order valence-electron chi connectivity index (χ3n) is 5.74. The van der Waals surface area contributed by atoms with Gasteiger partial charge in [-0.3, -0.25) is 4.79 Å². The molecule has 1 aromatic rings. The average Bonchev–Trinajstić information content (AvgIpc) is 3.16. The van der Waals surface area contributed by atoms with Crippen LogP contribution in [-0.2, 0) is 4.74 Å². The van der Waals surface area contributed by atoms with Crippen LogP contribution in [0.1, 0.15) is 48.9 Å². The Morgan fingerprint density at radius 3 is 2.43 bits per heavy atom. The molecule has 23 heavy (non-hydrogen) atoms. The van der Waals surface area contributed by atoms with E-state index in [-0.39, 0.29) is 5.91 Å². The van der Waals surface area contributed by atoms with Gasteiger partial charge in [0.25, 0.3) is 5.91 Å². The van der Waals surface area contributed by atoms with Crippen molar-refractivity contribution in [2.24, 2.45) is 0 Å². The number of ether oxygens (including phenoxy) is 1. The van der Waals surface area contributed by atoms with Crippen LogP contribution in [0.3, 0.4) is 0 Å². The van der Waals surface area contributed by atoms with Crippen LogP contribution in [-0.4, -0.2) is 60.1 Å². The van der Waals surface area contributed by atoms with E-state index in [2.05, 4.69) is 16.8 Å². The largest absolute Gasteiger partial charge is 0.472 e. The molecule has 1 aromatic heterocycles. The Hall–Kier alpha value is -1.33. The molecule has 3 aliphatic rings. The maximum Gasteiger partial charge on any atom is 0.257 e. The second-order valence-corrected chi connectivity index (χ2v) is 7.34. The minimum atomic E-state index is 0.129. The fraction of sp³-hybridized carbons (Fsp3) is 0.722. The number of piperidine rings is 2. The summed E-state index contributed by atoms with van der Waals surface area (Å²) in [6, 6.07) is 2.45. The fourth-order valence-corrected chi connectivity index (χ4v) is 4.50. The maximum absolute atomic E-state index is 12.7. The number of fused-ring (bicyclic) bond motifs is 2. The third kappa shape index (κ3) is 3.04. The Bertz CT molecular complexity index is 522. The summed E-state index contributed by atoms with van der Waals surface area (Å²) in [4.78, 5) is 17.1. The summed E-state index contributed by atoms with van der Waals surface area (Å²) in [7, 11) is 2.18. The SMILES string of the molecule is CN1CCC(OC2C[C@H]3CC[C@@H](C2)N3C(=O)c2ccoc2)CC1. The molecule has 2 bridgehead atoms. The van der Waals surface area contributed by atoms with Gasteiger partial charge in [0.05, 0.1) is 24.0 Å². The molecule has 0 aliphatic carbocycles. The van der Waals surface area contributed by atoms with Gasteiger partial charge in [0.15, 0.2) is 0 Å². The molecule has 0 saturated carbocycles. The molecule has 3 fully saturated rings. The minimum Gasteiger partial charge on any atom is -0.472 e. The van der Waals surface area contributed by atoms with Gasteiger partial charge in [0.1, 0.15) is 6.26 Å². The van der Waals surface area contributed by atoms with Gasteiger partial charge in [-0.2, -0.15) is 0 Å². The number of carbonyl (C=O) groups excluding carboxylic acids is 1. The monoisotopic (exact) mass is 318 g/mol. The molecule has 126 valence electrons. The number of furan rings is 1. The smallest absolute Gasteiger partial charge is 0.257 e. The summed E-state index contributed by atoms with van der Waals surface area (Å²) in [6.07, 6.45) is 10.4. The molecule has 1 unspecified atom stereocenters. The molecule has 0 radical (unpaired) electrons. The highest BCUT2D eigenvalue weighted by Gasteiger charge is 2.44. The Kier molecular flexibility index (Phi) is 4.16. The van der Waals surface area contributed by atoms with Crippen LogP contribution in [0, 0.1) is 0 Å². The van der Waals surface area contributed by atoms with Crippen LogP contribution in [0.4, 0.5) is 0 Å². The summed E-state index contributed by atoms with van der Waals surface area (Å²) in [5, 5.41) is 0. The molecule has 3 aliphatic heterocycles. The third-order valence-corrected chi connectivity index (χ3v) is 5.74. The highest BCUT2D eigenvalue weighted by Crippen LogP contribution is 2.38. The lowest BCUT2D eigenvalue weighted by atomic mass is 9.98. The topological polar surface area (TPSA) is 45.9 Å². The van der Waals surface area contributed by atoms with Gasteiger partial charge in [0.2, 0.25) is 0 Å². The molecule has 5 nitrogen and oxygen atoms in total. The summed E-state index contributed by atoms with van der Waals surface area (Å²) < 4.78 is 11.5. The Morgan fingerprint density at radius 1 is 1.13 bits per heavy atom. The van der Waals surface area contributed by atoms with Crippen molar-refractivity contribution in [3.63, 3.8) is 0 Å². The Balaban J connectivity index is 1.37. The van der Waals surface area contributed by atoms with Crippen LogP contribution >= 0.6 is 0 Å². The van der Waals surface area contributed by atoms with Crippen molar-refractivity contribution in [2.75, 3.05) is 20.1 Å².